The van der Waals surface area contributed by atoms with E-state index in [-0.39, 0.29) is 30.9 Å². The predicted octanol–water partition coefficient (Wildman–Crippen LogP) is 1.16. The van der Waals surface area contributed by atoms with Crippen molar-refractivity contribution in [1.29, 1.82) is 0 Å². The summed E-state index contributed by atoms with van der Waals surface area (Å²) < 4.78 is 5.64. The highest BCUT2D eigenvalue weighted by molar-refractivity contribution is 5.87. The molecule has 2 aliphatic heterocycles. The quantitative estimate of drug-likeness (QED) is 0.820. The Hall–Kier alpha value is -2.18. The highest BCUT2D eigenvalue weighted by atomic mass is 16.5. The van der Waals surface area contributed by atoms with Crippen LogP contribution in [0.25, 0.3) is 0 Å². The maximum absolute atomic E-state index is 13.3. The van der Waals surface area contributed by atoms with Gasteiger partial charge in [-0.2, -0.15) is 0 Å². The van der Waals surface area contributed by atoms with Crippen LogP contribution in [0.5, 0.6) is 0 Å². The molecule has 1 unspecified atom stereocenters. The third-order valence-electron chi connectivity index (χ3n) is 5.49. The highest BCUT2D eigenvalue weighted by Gasteiger charge is 2.45. The molecule has 2 heterocycles. The van der Waals surface area contributed by atoms with E-state index in [1.54, 1.807) is 9.80 Å². The average molecular weight is 358 g/mol. The summed E-state index contributed by atoms with van der Waals surface area (Å²) in [5, 5.41) is 10.2. The van der Waals surface area contributed by atoms with Crippen LogP contribution in [-0.4, -0.2) is 66.2 Å². The Bertz CT molecular complexity index is 655. The molecule has 1 aromatic carbocycles. The molecule has 0 bridgehead atoms. The number of aliphatic hydroxyl groups is 1. The molecule has 2 amide bonds. The van der Waals surface area contributed by atoms with Crippen LogP contribution in [0.4, 0.5) is 0 Å². The fraction of sp³-hybridized carbons (Fsp3) is 0.500. The van der Waals surface area contributed by atoms with E-state index in [9.17, 15) is 14.7 Å². The van der Waals surface area contributed by atoms with Gasteiger partial charge in [0, 0.05) is 25.6 Å². The fourth-order valence-electron chi connectivity index (χ4n) is 3.92. The summed E-state index contributed by atoms with van der Waals surface area (Å²) in [5.41, 5.74) is 0.0415. The van der Waals surface area contributed by atoms with Gasteiger partial charge in [0.2, 0.25) is 11.8 Å². The molecule has 2 fully saturated rings. The van der Waals surface area contributed by atoms with E-state index in [1.165, 1.54) is 6.08 Å². The van der Waals surface area contributed by atoms with Gasteiger partial charge in [-0.05, 0) is 24.5 Å². The van der Waals surface area contributed by atoms with E-state index >= 15 is 0 Å². The lowest BCUT2D eigenvalue weighted by molar-refractivity contribution is -0.161. The van der Waals surface area contributed by atoms with E-state index in [1.807, 2.05) is 30.3 Å². The Balaban J connectivity index is 1.79. The molecule has 0 aromatic heterocycles. The van der Waals surface area contributed by atoms with Gasteiger partial charge in [0.05, 0.1) is 19.8 Å². The summed E-state index contributed by atoms with van der Waals surface area (Å²) in [6.07, 6.45) is 2.58. The molecular weight excluding hydrogens is 332 g/mol. The Kier molecular flexibility index (Phi) is 5.74. The van der Waals surface area contributed by atoms with Crippen molar-refractivity contribution in [3.8, 4) is 0 Å². The van der Waals surface area contributed by atoms with Crippen LogP contribution in [0, 0.1) is 5.92 Å². The van der Waals surface area contributed by atoms with Gasteiger partial charge in [-0.1, -0.05) is 36.9 Å². The second-order valence-corrected chi connectivity index (χ2v) is 6.90. The maximum atomic E-state index is 13.3. The lowest BCUT2D eigenvalue weighted by atomic mass is 9.85. The molecule has 0 saturated carbocycles. The number of amides is 2. The van der Waals surface area contributed by atoms with Gasteiger partial charge in [-0.15, -0.1) is 0 Å². The Morgan fingerprint density at radius 1 is 1.23 bits per heavy atom. The lowest BCUT2D eigenvalue weighted by Gasteiger charge is -2.48. The summed E-state index contributed by atoms with van der Waals surface area (Å²) in [6.45, 7) is 5.66. The number of hydrogen-bond donors (Lipinski definition) is 1. The number of nitrogens with zero attached hydrogens (tertiary/aromatic N) is 2. The van der Waals surface area contributed by atoms with Crippen LogP contribution < -0.4 is 0 Å². The lowest BCUT2D eigenvalue weighted by Crippen LogP contribution is -2.60. The molecular formula is C20H26N2O4. The van der Waals surface area contributed by atoms with Crippen LogP contribution in [0.2, 0.25) is 0 Å². The van der Waals surface area contributed by atoms with Gasteiger partial charge in [-0.25, -0.2) is 0 Å². The molecule has 3 rings (SSSR count). The normalized spacial score (nSPS) is 24.3. The van der Waals surface area contributed by atoms with Gasteiger partial charge in [0.15, 0.2) is 0 Å². The molecule has 26 heavy (non-hydrogen) atoms. The summed E-state index contributed by atoms with van der Waals surface area (Å²) in [4.78, 5) is 28.5. The summed E-state index contributed by atoms with van der Waals surface area (Å²) in [7, 11) is 0. The minimum Gasteiger partial charge on any atom is -0.393 e. The molecule has 1 N–H and O–H groups in total. The molecule has 2 aliphatic rings. The highest BCUT2D eigenvalue weighted by Crippen LogP contribution is 2.34. The third kappa shape index (κ3) is 3.39. The van der Waals surface area contributed by atoms with Gasteiger partial charge in [0.25, 0.3) is 0 Å². The van der Waals surface area contributed by atoms with E-state index in [4.69, 9.17) is 4.74 Å². The van der Waals surface area contributed by atoms with Crippen LogP contribution in [0.1, 0.15) is 18.4 Å². The van der Waals surface area contributed by atoms with Crippen LogP contribution in [0.3, 0.4) is 0 Å². The molecule has 0 spiro atoms. The number of aliphatic hydroxyl groups excluding tert-OH is 1. The molecule has 6 heteroatoms. The monoisotopic (exact) mass is 358 g/mol. The van der Waals surface area contributed by atoms with Crippen LogP contribution >= 0.6 is 0 Å². The van der Waals surface area contributed by atoms with Crippen molar-refractivity contribution in [3.05, 3.63) is 48.6 Å². The molecule has 0 radical (unpaired) electrons. The zero-order chi connectivity index (χ0) is 18.6. The summed E-state index contributed by atoms with van der Waals surface area (Å²) in [6, 6.07) is 9.58. The van der Waals surface area contributed by atoms with E-state index < -0.39 is 5.54 Å². The number of rotatable bonds is 4. The average Bonchev–Trinajstić information content (AvgIpc) is 2.73. The molecule has 6 nitrogen and oxygen atoms in total. The van der Waals surface area contributed by atoms with Crippen molar-refractivity contribution in [2.45, 2.75) is 18.4 Å². The van der Waals surface area contributed by atoms with Crippen molar-refractivity contribution in [2.75, 3.05) is 39.5 Å². The number of benzene rings is 1. The number of ether oxygens (including phenoxy) is 1. The van der Waals surface area contributed by atoms with Crippen LogP contribution in [0.15, 0.2) is 43.0 Å². The largest absolute Gasteiger partial charge is 0.393 e. The van der Waals surface area contributed by atoms with Crippen molar-refractivity contribution in [2.24, 2.45) is 5.92 Å². The minimum absolute atomic E-state index is 0.0388. The Morgan fingerprint density at radius 2 is 1.92 bits per heavy atom. The molecule has 2 saturated heterocycles. The van der Waals surface area contributed by atoms with Crippen molar-refractivity contribution >= 4 is 11.8 Å². The SMILES string of the molecule is C=CC(=O)N1CCC(C(=O)N2CCOCC2(CO)c2ccccc2)CC1. The zero-order valence-corrected chi connectivity index (χ0v) is 15.0. The molecule has 140 valence electrons. The Labute approximate surface area is 154 Å². The van der Waals surface area contributed by atoms with E-state index in [2.05, 4.69) is 6.58 Å². The number of likely N-dealkylation sites (tertiary alicyclic amines) is 1. The zero-order valence-electron chi connectivity index (χ0n) is 15.0. The van der Waals surface area contributed by atoms with E-state index in [0.29, 0.717) is 39.1 Å². The molecule has 1 aromatic rings. The first kappa shape index (κ1) is 18.6. The first-order chi connectivity index (χ1) is 12.6. The van der Waals surface area contributed by atoms with Crippen molar-refractivity contribution in [1.82, 2.24) is 9.80 Å². The second kappa shape index (κ2) is 8.01. The third-order valence-corrected chi connectivity index (χ3v) is 5.49. The predicted molar refractivity (Wildman–Crippen MR) is 97.2 cm³/mol. The van der Waals surface area contributed by atoms with E-state index in [0.717, 1.165) is 5.56 Å². The standard InChI is InChI=1S/C20H26N2O4/c1-2-18(24)21-10-8-16(9-11-21)19(25)22-12-13-26-15-20(22,14-23)17-6-4-3-5-7-17/h2-7,16,23H,1,8-15H2. The smallest absolute Gasteiger partial charge is 0.245 e. The summed E-state index contributed by atoms with van der Waals surface area (Å²) in [5.74, 6) is -0.190. The van der Waals surface area contributed by atoms with Crippen molar-refractivity contribution < 1.29 is 19.4 Å². The molecule has 0 aliphatic carbocycles. The number of piperidine rings is 1. The van der Waals surface area contributed by atoms with Gasteiger partial charge in [-0.3, -0.25) is 9.59 Å². The number of carbonyl (C=O) groups is 2. The topological polar surface area (TPSA) is 70.1 Å². The first-order valence-corrected chi connectivity index (χ1v) is 9.09. The Morgan fingerprint density at radius 3 is 2.54 bits per heavy atom. The number of morpholine rings is 1. The van der Waals surface area contributed by atoms with Gasteiger partial charge >= 0.3 is 0 Å². The van der Waals surface area contributed by atoms with Gasteiger partial charge in [0.1, 0.15) is 5.54 Å². The van der Waals surface area contributed by atoms with Gasteiger partial charge < -0.3 is 19.6 Å². The second-order valence-electron chi connectivity index (χ2n) is 6.90. The maximum Gasteiger partial charge on any atom is 0.245 e. The summed E-state index contributed by atoms with van der Waals surface area (Å²) >= 11 is 0. The molecule has 1 atom stereocenters. The number of hydrogen-bond acceptors (Lipinski definition) is 4. The van der Waals surface area contributed by atoms with Crippen molar-refractivity contribution in [3.63, 3.8) is 0 Å². The van der Waals surface area contributed by atoms with Crippen LogP contribution in [-0.2, 0) is 19.9 Å². The fourth-order valence-corrected chi connectivity index (χ4v) is 3.92. The number of carbonyl (C=O) groups excluding carboxylic acids is 2. The minimum atomic E-state index is -0.843. The first-order valence-electron chi connectivity index (χ1n) is 9.09.